The van der Waals surface area contributed by atoms with Gasteiger partial charge in [-0.2, -0.15) is 0 Å². The molecule has 1 fully saturated rings. The number of piperidine rings is 1. The van der Waals surface area contributed by atoms with Crippen LogP contribution in [0.25, 0.3) is 0 Å². The number of Topliss-reactive ketones (excluding diaryl/α,β-unsaturated/α-hetero) is 1. The molecule has 0 bridgehead atoms. The fourth-order valence-electron chi connectivity index (χ4n) is 2.14. The number of ether oxygens (including phenoxy) is 1. The number of thiophene rings is 1. The van der Waals surface area contributed by atoms with Crippen molar-refractivity contribution in [2.24, 2.45) is 0 Å². The van der Waals surface area contributed by atoms with Gasteiger partial charge in [0.2, 0.25) is 0 Å². The summed E-state index contributed by atoms with van der Waals surface area (Å²) in [5.41, 5.74) is 6.38. The lowest BCUT2D eigenvalue weighted by Crippen LogP contribution is -2.35. The second kappa shape index (κ2) is 5.58. The second-order valence-corrected chi connectivity index (χ2v) is 5.45. The fourth-order valence-corrected chi connectivity index (χ4v) is 3.20. The van der Waals surface area contributed by atoms with E-state index in [9.17, 15) is 4.79 Å². The van der Waals surface area contributed by atoms with Crippen molar-refractivity contribution in [3.05, 3.63) is 4.88 Å². The van der Waals surface area contributed by atoms with Gasteiger partial charge in [-0.3, -0.25) is 4.79 Å². The van der Waals surface area contributed by atoms with Gasteiger partial charge in [0, 0.05) is 13.0 Å². The molecule has 0 radical (unpaired) electrons. The molecule has 18 heavy (non-hydrogen) atoms. The van der Waals surface area contributed by atoms with Gasteiger partial charge in [-0.15, -0.1) is 11.3 Å². The molecule has 4 N–H and O–H groups in total. The molecule has 1 saturated heterocycles. The van der Waals surface area contributed by atoms with Gasteiger partial charge < -0.3 is 21.1 Å². The average Bonchev–Trinajstić information content (AvgIpc) is 2.67. The van der Waals surface area contributed by atoms with Crippen molar-refractivity contribution >= 4 is 27.8 Å². The Labute approximate surface area is 111 Å². The van der Waals surface area contributed by atoms with Crippen LogP contribution in [-0.2, 0) is 0 Å². The summed E-state index contributed by atoms with van der Waals surface area (Å²) in [7, 11) is 1.58. The van der Waals surface area contributed by atoms with Crippen molar-refractivity contribution in [2.75, 3.05) is 31.2 Å². The van der Waals surface area contributed by atoms with Crippen molar-refractivity contribution < 1.29 is 9.53 Å². The Morgan fingerprint density at radius 2 is 2.17 bits per heavy atom. The van der Waals surface area contributed by atoms with Crippen LogP contribution in [-0.4, -0.2) is 32.0 Å². The van der Waals surface area contributed by atoms with E-state index in [1.54, 1.807) is 7.11 Å². The SMILES string of the molecule is COc1c(NC2CCNCC2)sc(C(C)=O)c1N. The normalized spacial score (nSPS) is 16.6. The highest BCUT2D eigenvalue weighted by molar-refractivity contribution is 7.19. The molecular formula is C12H19N3O2S. The van der Waals surface area contributed by atoms with Crippen molar-refractivity contribution in [2.45, 2.75) is 25.8 Å². The van der Waals surface area contributed by atoms with Gasteiger partial charge in [0.05, 0.1) is 17.7 Å². The summed E-state index contributed by atoms with van der Waals surface area (Å²) < 4.78 is 5.30. The van der Waals surface area contributed by atoms with Gasteiger partial charge in [-0.1, -0.05) is 0 Å². The van der Waals surface area contributed by atoms with Gasteiger partial charge >= 0.3 is 0 Å². The Balaban J connectivity index is 2.20. The number of nitrogens with two attached hydrogens (primary N) is 1. The second-order valence-electron chi connectivity index (χ2n) is 4.43. The first kappa shape index (κ1) is 13.2. The minimum atomic E-state index is -0.0193. The summed E-state index contributed by atoms with van der Waals surface area (Å²) in [5.74, 6) is 0.581. The van der Waals surface area contributed by atoms with Crippen LogP contribution in [0.15, 0.2) is 0 Å². The predicted molar refractivity (Wildman–Crippen MR) is 74.8 cm³/mol. The van der Waals surface area contributed by atoms with E-state index in [0.717, 1.165) is 30.9 Å². The van der Waals surface area contributed by atoms with Crippen molar-refractivity contribution in [3.63, 3.8) is 0 Å². The van der Waals surface area contributed by atoms with E-state index in [1.165, 1.54) is 18.3 Å². The number of nitrogen functional groups attached to an aromatic ring is 1. The molecule has 1 aliphatic rings. The molecule has 0 unspecified atom stereocenters. The lowest BCUT2D eigenvalue weighted by molar-refractivity contribution is 0.102. The van der Waals surface area contributed by atoms with Crippen molar-refractivity contribution in [1.29, 1.82) is 0 Å². The molecule has 2 rings (SSSR count). The number of ketones is 1. The summed E-state index contributed by atoms with van der Waals surface area (Å²) in [6.45, 7) is 3.55. The molecule has 0 aliphatic carbocycles. The van der Waals surface area contributed by atoms with E-state index < -0.39 is 0 Å². The maximum atomic E-state index is 11.5. The molecule has 0 spiro atoms. The molecule has 0 aromatic carbocycles. The number of carbonyl (C=O) groups excluding carboxylic acids is 1. The minimum Gasteiger partial charge on any atom is -0.492 e. The Morgan fingerprint density at radius 3 is 2.72 bits per heavy atom. The summed E-state index contributed by atoms with van der Waals surface area (Å²) >= 11 is 1.38. The molecule has 1 aromatic rings. The largest absolute Gasteiger partial charge is 0.492 e. The number of anilines is 2. The van der Waals surface area contributed by atoms with Gasteiger partial charge in [0.25, 0.3) is 0 Å². The lowest BCUT2D eigenvalue weighted by atomic mass is 10.1. The van der Waals surface area contributed by atoms with Crippen LogP contribution in [0.4, 0.5) is 10.7 Å². The van der Waals surface area contributed by atoms with Crippen molar-refractivity contribution in [1.82, 2.24) is 5.32 Å². The maximum absolute atomic E-state index is 11.5. The van der Waals surface area contributed by atoms with E-state index in [4.69, 9.17) is 10.5 Å². The summed E-state index contributed by atoms with van der Waals surface area (Å²) in [4.78, 5) is 12.0. The highest BCUT2D eigenvalue weighted by atomic mass is 32.1. The number of hydrogen-bond donors (Lipinski definition) is 3. The van der Waals surface area contributed by atoms with E-state index in [1.807, 2.05) is 0 Å². The average molecular weight is 269 g/mol. The quantitative estimate of drug-likeness (QED) is 0.725. The van der Waals surface area contributed by atoms with Crippen LogP contribution in [0.3, 0.4) is 0 Å². The lowest BCUT2D eigenvalue weighted by Gasteiger charge is -2.24. The highest BCUT2D eigenvalue weighted by Gasteiger charge is 2.22. The molecule has 1 aliphatic heterocycles. The van der Waals surface area contributed by atoms with Crippen LogP contribution in [0.2, 0.25) is 0 Å². The topological polar surface area (TPSA) is 76.4 Å². The van der Waals surface area contributed by atoms with Crippen LogP contribution in [0, 0.1) is 0 Å². The van der Waals surface area contributed by atoms with Gasteiger partial charge in [0.15, 0.2) is 11.5 Å². The Kier molecular flexibility index (Phi) is 4.08. The van der Waals surface area contributed by atoms with E-state index in [-0.39, 0.29) is 5.78 Å². The maximum Gasteiger partial charge on any atom is 0.176 e. The van der Waals surface area contributed by atoms with Crippen molar-refractivity contribution in [3.8, 4) is 5.75 Å². The van der Waals surface area contributed by atoms with E-state index in [0.29, 0.717) is 22.4 Å². The summed E-state index contributed by atoms with van der Waals surface area (Å²) in [6, 6.07) is 0.415. The molecule has 5 nitrogen and oxygen atoms in total. The van der Waals surface area contributed by atoms with Gasteiger partial charge in [-0.05, 0) is 25.9 Å². The third-order valence-corrected chi connectivity index (χ3v) is 4.32. The van der Waals surface area contributed by atoms with Gasteiger partial charge in [0.1, 0.15) is 5.00 Å². The van der Waals surface area contributed by atoms with Crippen LogP contribution >= 0.6 is 11.3 Å². The molecule has 1 aromatic heterocycles. The molecule has 2 heterocycles. The Morgan fingerprint density at radius 1 is 1.50 bits per heavy atom. The number of nitrogens with one attached hydrogen (secondary N) is 2. The van der Waals surface area contributed by atoms with E-state index in [2.05, 4.69) is 10.6 Å². The Hall–Kier alpha value is -1.27. The first-order chi connectivity index (χ1) is 8.63. The smallest absolute Gasteiger partial charge is 0.176 e. The van der Waals surface area contributed by atoms with Crippen LogP contribution in [0.1, 0.15) is 29.4 Å². The number of carbonyl (C=O) groups is 1. The molecule has 0 saturated carbocycles. The molecule has 0 atom stereocenters. The monoisotopic (exact) mass is 269 g/mol. The molecule has 0 amide bonds. The van der Waals surface area contributed by atoms with Crippen LogP contribution in [0.5, 0.6) is 5.75 Å². The van der Waals surface area contributed by atoms with Gasteiger partial charge in [-0.25, -0.2) is 0 Å². The predicted octanol–water partition coefficient (Wildman–Crippen LogP) is 1.71. The fraction of sp³-hybridized carbons (Fsp3) is 0.583. The molecule has 6 heteroatoms. The summed E-state index contributed by atoms with van der Waals surface area (Å²) in [6.07, 6.45) is 2.13. The molecule has 100 valence electrons. The number of rotatable bonds is 4. The standard InChI is InChI=1S/C12H19N3O2S/c1-7(16)11-9(13)10(17-2)12(18-11)15-8-3-5-14-6-4-8/h8,14-15H,3-6,13H2,1-2H3. The first-order valence-corrected chi connectivity index (χ1v) is 6.89. The minimum absolute atomic E-state index is 0.0193. The molecular weight excluding hydrogens is 250 g/mol. The third kappa shape index (κ3) is 2.59. The third-order valence-electron chi connectivity index (χ3n) is 3.10. The van der Waals surface area contributed by atoms with Crippen LogP contribution < -0.4 is 21.1 Å². The zero-order chi connectivity index (χ0) is 13.1. The number of hydrogen-bond acceptors (Lipinski definition) is 6. The summed E-state index contributed by atoms with van der Waals surface area (Å²) in [5, 5.41) is 7.62. The zero-order valence-electron chi connectivity index (χ0n) is 10.7. The zero-order valence-corrected chi connectivity index (χ0v) is 11.5. The Bertz CT molecular complexity index is 439. The number of methoxy groups -OCH3 is 1. The highest BCUT2D eigenvalue weighted by Crippen LogP contribution is 2.43. The first-order valence-electron chi connectivity index (χ1n) is 6.08. The van der Waals surface area contributed by atoms with E-state index >= 15 is 0 Å².